The first kappa shape index (κ1) is 32.7. The molecule has 10 heteroatoms. The average molecular weight is 643 g/mol. The van der Waals surface area contributed by atoms with E-state index in [1.807, 2.05) is 23.1 Å². The number of piperazine rings is 1. The molecule has 0 saturated carbocycles. The van der Waals surface area contributed by atoms with E-state index in [2.05, 4.69) is 16.7 Å². The van der Waals surface area contributed by atoms with Crippen molar-refractivity contribution in [1.82, 2.24) is 14.7 Å². The second kappa shape index (κ2) is 15.1. The van der Waals surface area contributed by atoms with Gasteiger partial charge >= 0.3 is 0 Å². The van der Waals surface area contributed by atoms with Crippen LogP contribution >= 0.6 is 23.4 Å². The minimum atomic E-state index is -0.506. The van der Waals surface area contributed by atoms with Crippen LogP contribution in [0, 0.1) is 17.6 Å². The molecule has 2 heterocycles. The highest BCUT2D eigenvalue weighted by Gasteiger charge is 2.33. The van der Waals surface area contributed by atoms with Gasteiger partial charge in [0.1, 0.15) is 17.4 Å². The predicted octanol–water partition coefficient (Wildman–Crippen LogP) is 6.03. The van der Waals surface area contributed by atoms with Gasteiger partial charge < -0.3 is 20.6 Å². The van der Waals surface area contributed by atoms with Crippen molar-refractivity contribution in [2.24, 2.45) is 11.7 Å². The normalized spacial score (nSPS) is 17.6. The molecule has 44 heavy (non-hydrogen) atoms. The van der Waals surface area contributed by atoms with Gasteiger partial charge in [-0.15, -0.1) is 11.8 Å². The van der Waals surface area contributed by atoms with Crippen LogP contribution < -0.4 is 5.73 Å². The Labute approximate surface area is 268 Å². The maximum absolute atomic E-state index is 14.0. The third-order valence-electron chi connectivity index (χ3n) is 8.79. The Morgan fingerprint density at radius 3 is 2.41 bits per heavy atom. The average Bonchev–Trinajstić information content (AvgIpc) is 3.01. The third-order valence-corrected chi connectivity index (χ3v) is 10.0. The highest BCUT2D eigenvalue weighted by Crippen LogP contribution is 2.31. The first-order chi connectivity index (χ1) is 21.2. The molecule has 1 unspecified atom stereocenters. The molecule has 6 nitrogen and oxygen atoms in total. The van der Waals surface area contributed by atoms with E-state index >= 15 is 0 Å². The lowest BCUT2D eigenvalue weighted by molar-refractivity contribution is -0.136. The Kier molecular flexibility index (Phi) is 11.2. The third kappa shape index (κ3) is 8.31. The summed E-state index contributed by atoms with van der Waals surface area (Å²) in [5.41, 5.74) is 10.1. The molecule has 3 N–H and O–H groups in total. The molecule has 1 amide bonds. The Bertz CT molecular complexity index is 1420. The molecule has 0 spiro atoms. The SMILES string of the molecule is CCSc1cc(F)ccc1CN1CCN(C(=O)C(N)C2CCN(CCc3cc(Cl)ccc3-c3cc(O)cc(F)c3)CC2)CC1. The van der Waals surface area contributed by atoms with Crippen molar-refractivity contribution < 1.29 is 18.7 Å². The maximum Gasteiger partial charge on any atom is 0.239 e. The molecule has 236 valence electrons. The molecule has 2 fully saturated rings. The predicted molar refractivity (Wildman–Crippen MR) is 174 cm³/mol. The van der Waals surface area contributed by atoms with Crippen LogP contribution in [0.5, 0.6) is 5.75 Å². The highest BCUT2D eigenvalue weighted by atomic mass is 35.5. The van der Waals surface area contributed by atoms with Gasteiger partial charge in [0, 0.05) is 55.3 Å². The zero-order chi connectivity index (χ0) is 31.2. The number of carbonyl (C=O) groups is 1. The molecule has 3 aromatic rings. The zero-order valence-corrected chi connectivity index (χ0v) is 26.7. The van der Waals surface area contributed by atoms with Crippen molar-refractivity contribution >= 4 is 29.3 Å². The summed E-state index contributed by atoms with van der Waals surface area (Å²) in [5.74, 6) is 0.261. The number of nitrogens with zero attached hydrogens (tertiary/aromatic N) is 3. The Morgan fingerprint density at radius 2 is 1.70 bits per heavy atom. The summed E-state index contributed by atoms with van der Waals surface area (Å²) in [7, 11) is 0. The van der Waals surface area contributed by atoms with E-state index < -0.39 is 11.9 Å². The van der Waals surface area contributed by atoms with Gasteiger partial charge in [-0.2, -0.15) is 0 Å². The Morgan fingerprint density at radius 1 is 0.955 bits per heavy atom. The van der Waals surface area contributed by atoms with Gasteiger partial charge in [0.25, 0.3) is 0 Å². The monoisotopic (exact) mass is 642 g/mol. The van der Waals surface area contributed by atoms with Crippen molar-refractivity contribution in [3.05, 3.63) is 82.4 Å². The fourth-order valence-electron chi connectivity index (χ4n) is 6.32. The summed E-state index contributed by atoms with van der Waals surface area (Å²) in [4.78, 5) is 20.9. The summed E-state index contributed by atoms with van der Waals surface area (Å²) in [6.07, 6.45) is 2.44. The number of rotatable bonds is 10. The van der Waals surface area contributed by atoms with E-state index in [0.29, 0.717) is 23.7 Å². The number of hydrogen-bond acceptors (Lipinski definition) is 6. The standard InChI is InChI=1S/C34H41ClF2N4O2S/c1-2-44-32-21-28(36)5-3-25(32)22-40-13-15-41(16-14-40)34(43)33(38)23-7-10-39(11-8-23)12-9-24-17-27(35)4-6-31(24)26-18-29(37)20-30(42)19-26/h3-6,17-21,23,33,42H,2,7-16,22,38H2,1H3. The molecule has 0 bridgehead atoms. The molecule has 2 saturated heterocycles. The molecule has 0 aromatic heterocycles. The Balaban J connectivity index is 1.09. The number of piperidine rings is 1. The van der Waals surface area contributed by atoms with E-state index in [1.54, 1.807) is 30.0 Å². The number of halogens is 3. The number of phenols is 1. The second-order valence-corrected chi connectivity index (χ2v) is 13.5. The van der Waals surface area contributed by atoms with E-state index in [9.17, 15) is 18.7 Å². The first-order valence-electron chi connectivity index (χ1n) is 15.4. The smallest absolute Gasteiger partial charge is 0.239 e. The molecule has 2 aliphatic heterocycles. The molecular formula is C34H41ClF2N4O2S. The molecule has 0 aliphatic carbocycles. The van der Waals surface area contributed by atoms with Crippen molar-refractivity contribution in [3.8, 4) is 16.9 Å². The van der Waals surface area contributed by atoms with Crippen LogP contribution in [0.1, 0.15) is 30.9 Å². The fourth-order valence-corrected chi connectivity index (χ4v) is 7.34. The largest absolute Gasteiger partial charge is 0.508 e. The van der Waals surface area contributed by atoms with Gasteiger partial charge in [0.2, 0.25) is 5.91 Å². The number of amides is 1. The van der Waals surface area contributed by atoms with E-state index in [0.717, 1.165) is 91.9 Å². The van der Waals surface area contributed by atoms with Crippen LogP contribution in [0.4, 0.5) is 8.78 Å². The molecule has 1 atom stereocenters. The minimum absolute atomic E-state index is 0.0361. The summed E-state index contributed by atoms with van der Waals surface area (Å²) in [5, 5.41) is 10.5. The van der Waals surface area contributed by atoms with Gasteiger partial charge in [-0.1, -0.05) is 30.7 Å². The Hall–Kier alpha value is -2.69. The van der Waals surface area contributed by atoms with E-state index in [-0.39, 0.29) is 23.4 Å². The lowest BCUT2D eigenvalue weighted by Gasteiger charge is -2.39. The van der Waals surface area contributed by atoms with Crippen LogP contribution in [-0.2, 0) is 17.8 Å². The van der Waals surface area contributed by atoms with Crippen LogP contribution in [0.3, 0.4) is 0 Å². The van der Waals surface area contributed by atoms with Crippen LogP contribution in [0.15, 0.2) is 59.5 Å². The number of nitrogens with two attached hydrogens (primary N) is 1. The molecule has 2 aliphatic rings. The molecule has 0 radical (unpaired) electrons. The lowest BCUT2D eigenvalue weighted by Crippen LogP contribution is -2.55. The topological polar surface area (TPSA) is 73.0 Å². The molecule has 3 aromatic carbocycles. The van der Waals surface area contributed by atoms with Crippen molar-refractivity contribution in [2.75, 3.05) is 51.6 Å². The van der Waals surface area contributed by atoms with Crippen molar-refractivity contribution in [1.29, 1.82) is 0 Å². The number of benzene rings is 3. The number of hydrogen-bond donors (Lipinski definition) is 2. The summed E-state index contributed by atoms with van der Waals surface area (Å²) < 4.78 is 27.7. The van der Waals surface area contributed by atoms with Gasteiger partial charge in [-0.25, -0.2) is 8.78 Å². The van der Waals surface area contributed by atoms with Gasteiger partial charge in [-0.3, -0.25) is 9.69 Å². The highest BCUT2D eigenvalue weighted by molar-refractivity contribution is 7.99. The van der Waals surface area contributed by atoms with Crippen molar-refractivity contribution in [2.45, 2.75) is 43.7 Å². The zero-order valence-electron chi connectivity index (χ0n) is 25.2. The molecule has 5 rings (SSSR count). The fraction of sp³-hybridized carbons (Fsp3) is 0.441. The summed E-state index contributed by atoms with van der Waals surface area (Å²) in [6, 6.07) is 14.1. The van der Waals surface area contributed by atoms with Gasteiger partial charge in [0.15, 0.2) is 0 Å². The number of phenolic OH excluding ortho intramolecular Hbond substituents is 1. The van der Waals surface area contributed by atoms with Gasteiger partial charge in [-0.05, 0) is 103 Å². The quantitative estimate of drug-likeness (QED) is 0.263. The number of carbonyl (C=O) groups excluding carboxylic acids is 1. The minimum Gasteiger partial charge on any atom is -0.508 e. The first-order valence-corrected chi connectivity index (χ1v) is 16.7. The van der Waals surface area contributed by atoms with Crippen molar-refractivity contribution in [3.63, 3.8) is 0 Å². The van der Waals surface area contributed by atoms with E-state index in [4.69, 9.17) is 17.3 Å². The van der Waals surface area contributed by atoms with Crippen LogP contribution in [0.2, 0.25) is 5.02 Å². The molecular weight excluding hydrogens is 602 g/mol. The summed E-state index contributed by atoms with van der Waals surface area (Å²) >= 11 is 7.96. The lowest BCUT2D eigenvalue weighted by atomic mass is 9.88. The maximum atomic E-state index is 14.0. The van der Waals surface area contributed by atoms with E-state index in [1.165, 1.54) is 12.1 Å². The van der Waals surface area contributed by atoms with Gasteiger partial charge in [0.05, 0.1) is 6.04 Å². The number of likely N-dealkylation sites (tertiary alicyclic amines) is 1. The van der Waals surface area contributed by atoms with Crippen LogP contribution in [0.25, 0.3) is 11.1 Å². The number of aromatic hydroxyl groups is 1. The number of thioether (sulfide) groups is 1. The second-order valence-electron chi connectivity index (χ2n) is 11.7. The summed E-state index contributed by atoms with van der Waals surface area (Å²) in [6.45, 7) is 8.16. The van der Waals surface area contributed by atoms with Crippen LogP contribution in [-0.4, -0.2) is 83.3 Å².